The van der Waals surface area contributed by atoms with Gasteiger partial charge in [-0.25, -0.2) is 4.79 Å². The summed E-state index contributed by atoms with van der Waals surface area (Å²) in [6.45, 7) is 3.89. The van der Waals surface area contributed by atoms with Crippen LogP contribution in [-0.4, -0.2) is 18.6 Å². The van der Waals surface area contributed by atoms with Gasteiger partial charge >= 0.3 is 6.09 Å². The lowest BCUT2D eigenvalue weighted by Gasteiger charge is -2.07. The van der Waals surface area contributed by atoms with Gasteiger partial charge < -0.3 is 9.84 Å². The van der Waals surface area contributed by atoms with E-state index < -0.39 is 12.0 Å². The van der Waals surface area contributed by atoms with Crippen LogP contribution in [0.1, 0.15) is 33.1 Å². The van der Waals surface area contributed by atoms with Crippen LogP contribution >= 0.6 is 0 Å². The molecular weight excluding hydrogens is 158 g/mol. The van der Waals surface area contributed by atoms with Crippen molar-refractivity contribution in [1.82, 2.24) is 0 Å². The van der Waals surface area contributed by atoms with Gasteiger partial charge in [-0.1, -0.05) is 13.3 Å². The fraction of sp³-hybridized carbons (Fsp3) is 0.750. The molecule has 0 aliphatic heterocycles. The minimum Gasteiger partial charge on any atom is -0.862 e. The molecule has 0 aromatic heterocycles. The number of ether oxygens (including phenoxy) is 1. The van der Waals surface area contributed by atoms with Gasteiger partial charge in [0.2, 0.25) is 0 Å². The molecular formula is C8H14NO3-. The number of carbonyl (C=O) groups excluding carboxylic acids is 1. The maximum Gasteiger partial charge on any atom is 0.432 e. The summed E-state index contributed by atoms with van der Waals surface area (Å²) in [5, 5.41) is 10.8. The van der Waals surface area contributed by atoms with Crippen LogP contribution in [0.3, 0.4) is 0 Å². The second-order valence-corrected chi connectivity index (χ2v) is 2.31. The summed E-state index contributed by atoms with van der Waals surface area (Å²) < 4.78 is 4.47. The molecule has 0 unspecified atom stereocenters. The van der Waals surface area contributed by atoms with Crippen molar-refractivity contribution in [2.75, 3.05) is 6.61 Å². The highest BCUT2D eigenvalue weighted by molar-refractivity contribution is 5.85. The Morgan fingerprint density at radius 2 is 2.17 bits per heavy atom. The van der Waals surface area contributed by atoms with Crippen molar-refractivity contribution in [1.29, 1.82) is 0 Å². The third-order valence-electron chi connectivity index (χ3n) is 1.23. The Bertz CT molecular complexity index is 166. The number of hydrogen-bond acceptors (Lipinski definition) is 3. The molecule has 1 amide bonds. The van der Waals surface area contributed by atoms with E-state index >= 15 is 0 Å². The summed E-state index contributed by atoms with van der Waals surface area (Å²) in [4.78, 5) is 13.8. The fourth-order valence-electron chi connectivity index (χ4n) is 0.641. The van der Waals surface area contributed by atoms with Gasteiger partial charge in [0.1, 0.15) is 0 Å². The van der Waals surface area contributed by atoms with E-state index in [1.54, 1.807) is 6.92 Å². The van der Waals surface area contributed by atoms with E-state index in [9.17, 15) is 9.90 Å². The van der Waals surface area contributed by atoms with Crippen LogP contribution in [0.15, 0.2) is 4.99 Å². The molecule has 70 valence electrons. The van der Waals surface area contributed by atoms with Crippen molar-refractivity contribution in [3.05, 3.63) is 0 Å². The third kappa shape index (κ3) is 5.70. The first-order valence-corrected chi connectivity index (χ1v) is 4.12. The highest BCUT2D eigenvalue weighted by Gasteiger charge is 1.95. The highest BCUT2D eigenvalue weighted by Crippen LogP contribution is 1.94. The minimum absolute atomic E-state index is 0.253. The van der Waals surface area contributed by atoms with E-state index in [4.69, 9.17) is 0 Å². The van der Waals surface area contributed by atoms with E-state index in [1.807, 2.05) is 6.92 Å². The van der Waals surface area contributed by atoms with E-state index in [0.29, 0.717) is 6.42 Å². The van der Waals surface area contributed by atoms with Crippen LogP contribution in [0, 0.1) is 0 Å². The van der Waals surface area contributed by atoms with E-state index in [1.165, 1.54) is 0 Å². The maximum atomic E-state index is 10.8. The van der Waals surface area contributed by atoms with Crippen LogP contribution in [0.5, 0.6) is 0 Å². The summed E-state index contributed by atoms with van der Waals surface area (Å²) in [6, 6.07) is 0. The molecule has 0 aromatic rings. The molecule has 4 heteroatoms. The molecule has 0 saturated heterocycles. The molecule has 0 radical (unpaired) electrons. The highest BCUT2D eigenvalue weighted by atomic mass is 16.5. The quantitative estimate of drug-likeness (QED) is 0.471. The predicted molar refractivity (Wildman–Crippen MR) is 44.0 cm³/mol. The largest absolute Gasteiger partial charge is 0.862 e. The van der Waals surface area contributed by atoms with E-state index in [0.717, 1.165) is 12.8 Å². The summed E-state index contributed by atoms with van der Waals surface area (Å²) in [7, 11) is 0. The number of hydrogen-bond donors (Lipinski definition) is 0. The zero-order valence-electron chi connectivity index (χ0n) is 7.50. The smallest absolute Gasteiger partial charge is 0.432 e. The first-order valence-electron chi connectivity index (χ1n) is 4.12. The number of amides is 1. The van der Waals surface area contributed by atoms with Gasteiger partial charge in [0, 0.05) is 0 Å². The Morgan fingerprint density at radius 3 is 2.67 bits per heavy atom. The molecule has 0 bridgehead atoms. The molecule has 0 aliphatic rings. The topological polar surface area (TPSA) is 61.7 Å². The van der Waals surface area contributed by atoms with Crippen LogP contribution in [0.25, 0.3) is 0 Å². The normalized spacial score (nSPS) is 11.3. The molecule has 0 spiro atoms. The molecule has 12 heavy (non-hydrogen) atoms. The molecule has 0 saturated carbocycles. The molecule has 4 nitrogen and oxygen atoms in total. The third-order valence-corrected chi connectivity index (χ3v) is 1.23. The van der Waals surface area contributed by atoms with Gasteiger partial charge in [-0.3, -0.25) is 0 Å². The van der Waals surface area contributed by atoms with Gasteiger partial charge in [0.25, 0.3) is 0 Å². The van der Waals surface area contributed by atoms with Crippen molar-refractivity contribution in [3.8, 4) is 0 Å². The predicted octanol–water partition coefficient (Wildman–Crippen LogP) is 1.09. The van der Waals surface area contributed by atoms with Crippen LogP contribution in [0.4, 0.5) is 4.79 Å². The minimum atomic E-state index is -0.779. The Kier molecular flexibility index (Phi) is 6.05. The zero-order valence-corrected chi connectivity index (χ0v) is 7.50. The van der Waals surface area contributed by atoms with Crippen molar-refractivity contribution in [2.45, 2.75) is 33.1 Å². The van der Waals surface area contributed by atoms with Crippen molar-refractivity contribution in [2.24, 2.45) is 4.99 Å². The Morgan fingerprint density at radius 1 is 1.50 bits per heavy atom. The first kappa shape index (κ1) is 10.9. The van der Waals surface area contributed by atoms with Gasteiger partial charge in [0.05, 0.1) is 6.61 Å². The molecule has 0 heterocycles. The molecule has 0 N–H and O–H groups in total. The van der Waals surface area contributed by atoms with Gasteiger partial charge in [-0.05, 0) is 25.7 Å². The summed E-state index contributed by atoms with van der Waals surface area (Å²) in [5.41, 5.74) is 0. The standard InChI is InChI=1S/C8H15NO3/c1-3-5-6-7(10)9-8(11)12-4-2/h3-6H2,1-2H3,(H,9,10,11)/p-1. The summed E-state index contributed by atoms with van der Waals surface area (Å²) >= 11 is 0. The average molecular weight is 172 g/mol. The Labute approximate surface area is 72.3 Å². The average Bonchev–Trinajstić information content (AvgIpc) is 2.01. The van der Waals surface area contributed by atoms with Gasteiger partial charge in [-0.2, -0.15) is 4.99 Å². The van der Waals surface area contributed by atoms with E-state index in [2.05, 4.69) is 9.73 Å². The SMILES string of the molecule is CCCC/C([O-])=N/C(=O)OCC. The lowest BCUT2D eigenvalue weighted by Crippen LogP contribution is -2.19. The molecule has 0 aliphatic carbocycles. The number of rotatable bonds is 4. The number of unbranched alkanes of at least 4 members (excludes halogenated alkanes) is 1. The number of nitrogens with zero attached hydrogens (tertiary/aromatic N) is 1. The molecule has 0 rings (SSSR count). The van der Waals surface area contributed by atoms with Crippen molar-refractivity contribution in [3.63, 3.8) is 0 Å². The lowest BCUT2D eigenvalue weighted by molar-refractivity contribution is -0.218. The number of carbonyl (C=O) groups is 1. The zero-order chi connectivity index (χ0) is 9.40. The maximum absolute atomic E-state index is 10.8. The number of aliphatic imine (C=N–C) groups is 1. The van der Waals surface area contributed by atoms with Crippen molar-refractivity contribution >= 4 is 12.0 Å². The molecule has 0 aromatic carbocycles. The summed E-state index contributed by atoms with van der Waals surface area (Å²) in [6.07, 6.45) is 1.24. The second kappa shape index (κ2) is 6.64. The van der Waals surface area contributed by atoms with Crippen LogP contribution < -0.4 is 5.11 Å². The first-order chi connectivity index (χ1) is 5.70. The molecule has 0 fully saturated rings. The van der Waals surface area contributed by atoms with Crippen LogP contribution in [-0.2, 0) is 4.74 Å². The van der Waals surface area contributed by atoms with Gasteiger partial charge in [0.15, 0.2) is 0 Å². The van der Waals surface area contributed by atoms with E-state index in [-0.39, 0.29) is 6.61 Å². The second-order valence-electron chi connectivity index (χ2n) is 2.31. The molecule has 0 atom stereocenters. The van der Waals surface area contributed by atoms with Crippen LogP contribution in [0.2, 0.25) is 0 Å². The fourth-order valence-corrected chi connectivity index (χ4v) is 0.641. The lowest BCUT2D eigenvalue weighted by atomic mass is 10.2. The Hall–Kier alpha value is -1.06. The monoisotopic (exact) mass is 172 g/mol. The van der Waals surface area contributed by atoms with Crippen molar-refractivity contribution < 1.29 is 14.6 Å². The van der Waals surface area contributed by atoms with Gasteiger partial charge in [-0.15, -0.1) is 0 Å². The Balaban J connectivity index is 3.72. The summed E-state index contributed by atoms with van der Waals surface area (Å²) in [5.74, 6) is -0.393.